The largest absolute Gasteiger partial charge is 0.324 e. The summed E-state index contributed by atoms with van der Waals surface area (Å²) in [6.45, 7) is 0. The molecule has 0 aliphatic heterocycles. The number of fused-ring (bicyclic) bond motifs is 1. The lowest BCUT2D eigenvalue weighted by atomic mass is 10.1. The number of rotatable bonds is 5. The van der Waals surface area contributed by atoms with Gasteiger partial charge in [0.2, 0.25) is 5.95 Å². The fourth-order valence-corrected chi connectivity index (χ4v) is 3.16. The highest BCUT2D eigenvalue weighted by molar-refractivity contribution is 5.91. The number of hydrogen-bond donors (Lipinski definition) is 3. The molecule has 3 N–H and O–H groups in total. The summed E-state index contributed by atoms with van der Waals surface area (Å²) >= 11 is 0. The smallest absolute Gasteiger partial charge is 0.229 e. The standard InChI is InChI=1S/C23H17FN6/c24-16-10-12-17(13-11-16)25-23-26-19-9-5-4-8-18(19)22(28-23)27-21-14-20(29-30-21)15-6-2-1-3-7-15/h1-14H,(H3,25,26,27,28,29,30). The van der Waals surface area contributed by atoms with Gasteiger partial charge in [-0.3, -0.25) is 5.10 Å². The van der Waals surface area contributed by atoms with Crippen LogP contribution >= 0.6 is 0 Å². The van der Waals surface area contributed by atoms with E-state index in [0.717, 1.165) is 22.2 Å². The maximum Gasteiger partial charge on any atom is 0.229 e. The molecule has 0 unspecified atom stereocenters. The Morgan fingerprint density at radius 1 is 0.767 bits per heavy atom. The van der Waals surface area contributed by atoms with Crippen molar-refractivity contribution in [1.29, 1.82) is 0 Å². The van der Waals surface area contributed by atoms with Crippen molar-refractivity contribution in [2.75, 3.05) is 10.6 Å². The molecule has 146 valence electrons. The van der Waals surface area contributed by atoms with Gasteiger partial charge in [0.15, 0.2) is 5.82 Å². The zero-order chi connectivity index (χ0) is 20.3. The molecular formula is C23H17FN6. The molecule has 30 heavy (non-hydrogen) atoms. The molecule has 6 nitrogen and oxygen atoms in total. The van der Waals surface area contributed by atoms with E-state index in [2.05, 4.69) is 30.8 Å². The molecule has 0 amide bonds. The Hall–Kier alpha value is -4.26. The predicted molar refractivity (Wildman–Crippen MR) is 117 cm³/mol. The SMILES string of the molecule is Fc1ccc(Nc2nc(Nc3cc(-c4ccccc4)[nH]n3)c3ccccc3n2)cc1. The maximum atomic E-state index is 13.2. The van der Waals surface area contributed by atoms with Crippen molar-refractivity contribution < 1.29 is 4.39 Å². The number of aromatic amines is 1. The summed E-state index contributed by atoms with van der Waals surface area (Å²) in [5.41, 5.74) is 3.42. The summed E-state index contributed by atoms with van der Waals surface area (Å²) in [6, 6.07) is 25.7. The average Bonchev–Trinajstić information content (AvgIpc) is 3.25. The first kappa shape index (κ1) is 17.8. The first-order chi connectivity index (χ1) is 14.7. The minimum absolute atomic E-state index is 0.296. The Balaban J connectivity index is 1.48. The molecule has 0 saturated heterocycles. The van der Waals surface area contributed by atoms with E-state index in [1.54, 1.807) is 12.1 Å². The second-order valence-corrected chi connectivity index (χ2v) is 6.70. The molecule has 7 heteroatoms. The lowest BCUT2D eigenvalue weighted by Crippen LogP contribution is -2.02. The van der Waals surface area contributed by atoms with Gasteiger partial charge in [-0.1, -0.05) is 42.5 Å². The van der Waals surface area contributed by atoms with Gasteiger partial charge in [0.25, 0.3) is 0 Å². The average molecular weight is 396 g/mol. The molecule has 2 aromatic heterocycles. The molecule has 5 rings (SSSR count). The van der Waals surface area contributed by atoms with Crippen LogP contribution in [-0.2, 0) is 0 Å². The van der Waals surface area contributed by atoms with Crippen molar-refractivity contribution >= 4 is 34.2 Å². The van der Waals surface area contributed by atoms with Crippen LogP contribution in [0.15, 0.2) is 84.9 Å². The number of H-pyrrole nitrogens is 1. The second-order valence-electron chi connectivity index (χ2n) is 6.70. The monoisotopic (exact) mass is 396 g/mol. The van der Waals surface area contributed by atoms with Gasteiger partial charge in [0.05, 0.1) is 11.2 Å². The van der Waals surface area contributed by atoms with Crippen LogP contribution in [0.1, 0.15) is 0 Å². The number of anilines is 4. The Morgan fingerprint density at radius 2 is 1.53 bits per heavy atom. The van der Waals surface area contributed by atoms with Crippen molar-refractivity contribution in [1.82, 2.24) is 20.2 Å². The van der Waals surface area contributed by atoms with Crippen LogP contribution in [0.25, 0.3) is 22.2 Å². The van der Waals surface area contributed by atoms with Crippen molar-refractivity contribution in [2.24, 2.45) is 0 Å². The third-order valence-electron chi connectivity index (χ3n) is 4.61. The van der Waals surface area contributed by atoms with Gasteiger partial charge in [0.1, 0.15) is 11.6 Å². The lowest BCUT2D eigenvalue weighted by molar-refractivity contribution is 0.628. The van der Waals surface area contributed by atoms with Crippen LogP contribution in [0.4, 0.5) is 27.7 Å². The Morgan fingerprint density at radius 3 is 2.37 bits per heavy atom. The van der Waals surface area contributed by atoms with Crippen LogP contribution in [0.3, 0.4) is 0 Å². The third kappa shape index (κ3) is 3.68. The minimum atomic E-state index is -0.296. The summed E-state index contributed by atoms with van der Waals surface area (Å²) < 4.78 is 13.2. The molecule has 0 atom stereocenters. The van der Waals surface area contributed by atoms with Gasteiger partial charge in [-0.15, -0.1) is 0 Å². The van der Waals surface area contributed by atoms with Gasteiger partial charge in [-0.25, -0.2) is 9.37 Å². The second kappa shape index (κ2) is 7.63. The molecule has 0 aliphatic carbocycles. The van der Waals surface area contributed by atoms with Crippen LogP contribution in [0, 0.1) is 5.82 Å². The van der Waals surface area contributed by atoms with Gasteiger partial charge < -0.3 is 10.6 Å². The minimum Gasteiger partial charge on any atom is -0.324 e. The van der Waals surface area contributed by atoms with Gasteiger partial charge in [-0.2, -0.15) is 10.1 Å². The van der Waals surface area contributed by atoms with Crippen LogP contribution in [0.5, 0.6) is 0 Å². The van der Waals surface area contributed by atoms with E-state index >= 15 is 0 Å². The molecule has 0 saturated carbocycles. The highest BCUT2D eigenvalue weighted by Crippen LogP contribution is 2.27. The summed E-state index contributed by atoms with van der Waals surface area (Å²) in [5.74, 6) is 1.37. The number of benzene rings is 3. The molecule has 0 aliphatic rings. The van der Waals surface area contributed by atoms with E-state index in [1.165, 1.54) is 12.1 Å². The molecule has 0 spiro atoms. The van der Waals surface area contributed by atoms with Crippen LogP contribution in [0.2, 0.25) is 0 Å². The Kier molecular flexibility index (Phi) is 4.53. The fourth-order valence-electron chi connectivity index (χ4n) is 3.16. The molecule has 0 radical (unpaired) electrons. The first-order valence-electron chi connectivity index (χ1n) is 9.42. The molecule has 3 aromatic carbocycles. The maximum absolute atomic E-state index is 13.2. The van der Waals surface area contributed by atoms with Gasteiger partial charge >= 0.3 is 0 Å². The number of aromatic nitrogens is 4. The molecule has 0 bridgehead atoms. The zero-order valence-electron chi connectivity index (χ0n) is 15.8. The van der Waals surface area contributed by atoms with Crippen LogP contribution < -0.4 is 10.6 Å². The van der Waals surface area contributed by atoms with E-state index in [0.29, 0.717) is 23.3 Å². The van der Waals surface area contributed by atoms with E-state index < -0.39 is 0 Å². The number of halogens is 1. The van der Waals surface area contributed by atoms with E-state index in [1.807, 2.05) is 60.7 Å². The fraction of sp³-hybridized carbons (Fsp3) is 0. The molecule has 5 aromatic rings. The predicted octanol–water partition coefficient (Wildman–Crippen LogP) is 5.65. The third-order valence-corrected chi connectivity index (χ3v) is 4.61. The van der Waals surface area contributed by atoms with E-state index in [-0.39, 0.29) is 5.82 Å². The number of nitrogens with one attached hydrogen (secondary N) is 3. The number of nitrogens with zero attached hydrogens (tertiary/aromatic N) is 3. The summed E-state index contributed by atoms with van der Waals surface area (Å²) in [5, 5.41) is 14.7. The van der Waals surface area contributed by atoms with E-state index in [9.17, 15) is 4.39 Å². The quantitative estimate of drug-likeness (QED) is 0.358. The van der Waals surface area contributed by atoms with Crippen LogP contribution in [-0.4, -0.2) is 20.2 Å². The van der Waals surface area contributed by atoms with Crippen molar-refractivity contribution in [2.45, 2.75) is 0 Å². The number of para-hydroxylation sites is 1. The molecule has 2 heterocycles. The number of hydrogen-bond acceptors (Lipinski definition) is 5. The van der Waals surface area contributed by atoms with Crippen molar-refractivity contribution in [3.63, 3.8) is 0 Å². The zero-order valence-corrected chi connectivity index (χ0v) is 15.8. The highest BCUT2D eigenvalue weighted by atomic mass is 19.1. The lowest BCUT2D eigenvalue weighted by Gasteiger charge is -2.10. The van der Waals surface area contributed by atoms with Gasteiger partial charge in [-0.05, 0) is 42.0 Å². The Labute approximate surface area is 171 Å². The summed E-state index contributed by atoms with van der Waals surface area (Å²) in [4.78, 5) is 9.18. The molecular weight excluding hydrogens is 379 g/mol. The van der Waals surface area contributed by atoms with Gasteiger partial charge in [0, 0.05) is 17.1 Å². The van der Waals surface area contributed by atoms with Crippen molar-refractivity contribution in [3.8, 4) is 11.3 Å². The topological polar surface area (TPSA) is 78.5 Å². The molecule has 0 fully saturated rings. The summed E-state index contributed by atoms with van der Waals surface area (Å²) in [6.07, 6.45) is 0. The first-order valence-corrected chi connectivity index (χ1v) is 9.42. The highest BCUT2D eigenvalue weighted by Gasteiger charge is 2.11. The Bertz CT molecular complexity index is 1300. The normalized spacial score (nSPS) is 10.8. The van der Waals surface area contributed by atoms with E-state index in [4.69, 9.17) is 0 Å². The summed E-state index contributed by atoms with van der Waals surface area (Å²) in [7, 11) is 0. The van der Waals surface area contributed by atoms with Crippen molar-refractivity contribution in [3.05, 3.63) is 90.7 Å².